The van der Waals surface area contributed by atoms with Crippen LogP contribution in [-0.2, 0) is 0 Å². The lowest BCUT2D eigenvalue weighted by Crippen LogP contribution is -2.46. The molecule has 1 aliphatic heterocycles. The average Bonchev–Trinajstić information content (AvgIpc) is 2.47. The largest absolute Gasteiger partial charge is 0.497 e. The van der Waals surface area contributed by atoms with Crippen LogP contribution in [0, 0.1) is 0 Å². The molecule has 2 rings (SSSR count). The third-order valence-electron chi connectivity index (χ3n) is 3.93. The predicted molar refractivity (Wildman–Crippen MR) is 80.2 cm³/mol. The summed E-state index contributed by atoms with van der Waals surface area (Å²) < 4.78 is 5.15. The summed E-state index contributed by atoms with van der Waals surface area (Å²) in [7, 11) is 1.61. The second-order valence-electron chi connectivity index (χ2n) is 5.61. The zero-order valence-electron chi connectivity index (χ0n) is 12.6. The Morgan fingerprint density at radius 1 is 1.35 bits per heavy atom. The molecule has 1 amide bonds. The Balaban J connectivity index is 1.89. The standard InChI is InChI=1S/C16H24N2O2/c1-12(2)18-9-7-14(8-10-18)17-16(19)13-5-4-6-15(11-13)20-3/h4-6,11-12,14H,7-10H2,1-3H3,(H,17,19). The molecule has 1 aliphatic rings. The number of methoxy groups -OCH3 is 1. The lowest BCUT2D eigenvalue weighted by atomic mass is 10.0. The van der Waals surface area contributed by atoms with E-state index >= 15 is 0 Å². The van der Waals surface area contributed by atoms with Crippen molar-refractivity contribution in [2.45, 2.75) is 38.8 Å². The molecule has 0 spiro atoms. The molecule has 4 nitrogen and oxygen atoms in total. The molecule has 0 unspecified atom stereocenters. The van der Waals surface area contributed by atoms with Gasteiger partial charge < -0.3 is 15.0 Å². The Morgan fingerprint density at radius 3 is 2.65 bits per heavy atom. The molecule has 110 valence electrons. The number of hydrogen-bond acceptors (Lipinski definition) is 3. The molecule has 0 atom stereocenters. The van der Waals surface area contributed by atoms with Crippen LogP contribution in [0.1, 0.15) is 37.0 Å². The third kappa shape index (κ3) is 3.73. The molecule has 20 heavy (non-hydrogen) atoms. The monoisotopic (exact) mass is 276 g/mol. The van der Waals surface area contributed by atoms with Crippen LogP contribution < -0.4 is 10.1 Å². The number of amides is 1. The SMILES string of the molecule is COc1cccc(C(=O)NC2CCN(C(C)C)CC2)c1. The van der Waals surface area contributed by atoms with Gasteiger partial charge in [-0.15, -0.1) is 0 Å². The number of nitrogens with one attached hydrogen (secondary N) is 1. The number of likely N-dealkylation sites (tertiary alicyclic amines) is 1. The Labute approximate surface area is 121 Å². The normalized spacial score (nSPS) is 17.2. The molecular weight excluding hydrogens is 252 g/mol. The number of benzene rings is 1. The molecule has 0 radical (unpaired) electrons. The van der Waals surface area contributed by atoms with Crippen LogP contribution in [0.4, 0.5) is 0 Å². The number of hydrogen-bond donors (Lipinski definition) is 1. The molecular formula is C16H24N2O2. The molecule has 0 aliphatic carbocycles. The molecule has 1 saturated heterocycles. The summed E-state index contributed by atoms with van der Waals surface area (Å²) in [5.41, 5.74) is 0.663. The van der Waals surface area contributed by atoms with Gasteiger partial charge in [-0.25, -0.2) is 0 Å². The lowest BCUT2D eigenvalue weighted by Gasteiger charge is -2.34. The first kappa shape index (κ1) is 14.9. The molecule has 0 aromatic heterocycles. The Morgan fingerprint density at radius 2 is 2.05 bits per heavy atom. The number of carbonyl (C=O) groups excluding carboxylic acids is 1. The van der Waals surface area contributed by atoms with E-state index in [4.69, 9.17) is 4.74 Å². The van der Waals surface area contributed by atoms with Gasteiger partial charge in [0.05, 0.1) is 7.11 Å². The van der Waals surface area contributed by atoms with Crippen molar-refractivity contribution in [2.75, 3.05) is 20.2 Å². The molecule has 1 aromatic carbocycles. The van der Waals surface area contributed by atoms with Crippen LogP contribution >= 0.6 is 0 Å². The quantitative estimate of drug-likeness (QED) is 0.917. The van der Waals surface area contributed by atoms with E-state index in [2.05, 4.69) is 24.1 Å². The maximum atomic E-state index is 12.2. The molecule has 1 heterocycles. The fourth-order valence-corrected chi connectivity index (χ4v) is 2.59. The van der Waals surface area contributed by atoms with Gasteiger partial charge in [0.15, 0.2) is 0 Å². The summed E-state index contributed by atoms with van der Waals surface area (Å²) in [5, 5.41) is 3.12. The Hall–Kier alpha value is -1.55. The van der Waals surface area contributed by atoms with E-state index < -0.39 is 0 Å². The van der Waals surface area contributed by atoms with Crippen molar-refractivity contribution in [3.63, 3.8) is 0 Å². The summed E-state index contributed by atoms with van der Waals surface area (Å²) in [6.07, 6.45) is 2.04. The van der Waals surface area contributed by atoms with E-state index in [-0.39, 0.29) is 11.9 Å². The van der Waals surface area contributed by atoms with Crippen LogP contribution in [0.5, 0.6) is 5.75 Å². The van der Waals surface area contributed by atoms with Gasteiger partial charge in [-0.1, -0.05) is 6.07 Å². The minimum absolute atomic E-state index is 0.00750. The highest BCUT2D eigenvalue weighted by Crippen LogP contribution is 2.15. The van der Waals surface area contributed by atoms with Crippen molar-refractivity contribution < 1.29 is 9.53 Å². The zero-order valence-corrected chi connectivity index (χ0v) is 12.6. The van der Waals surface area contributed by atoms with E-state index in [0.29, 0.717) is 17.4 Å². The molecule has 0 bridgehead atoms. The Bertz CT molecular complexity index is 452. The van der Waals surface area contributed by atoms with Gasteiger partial charge in [-0.05, 0) is 44.9 Å². The number of ether oxygens (including phenoxy) is 1. The fourth-order valence-electron chi connectivity index (χ4n) is 2.59. The molecule has 1 fully saturated rings. The van der Waals surface area contributed by atoms with Crippen LogP contribution in [0.25, 0.3) is 0 Å². The first-order chi connectivity index (χ1) is 9.60. The van der Waals surface area contributed by atoms with E-state index in [1.807, 2.05) is 18.2 Å². The number of nitrogens with zero attached hydrogens (tertiary/aromatic N) is 1. The Kier molecular flexibility index (Phi) is 5.01. The highest BCUT2D eigenvalue weighted by molar-refractivity contribution is 5.94. The first-order valence-corrected chi connectivity index (χ1v) is 7.29. The minimum Gasteiger partial charge on any atom is -0.497 e. The van der Waals surface area contributed by atoms with Crippen LogP contribution in [0.3, 0.4) is 0 Å². The smallest absolute Gasteiger partial charge is 0.251 e. The van der Waals surface area contributed by atoms with Crippen LogP contribution in [-0.4, -0.2) is 43.1 Å². The van der Waals surface area contributed by atoms with Gasteiger partial charge >= 0.3 is 0 Å². The second kappa shape index (κ2) is 6.75. The van der Waals surface area contributed by atoms with Crippen molar-refractivity contribution in [1.82, 2.24) is 10.2 Å². The van der Waals surface area contributed by atoms with Crippen molar-refractivity contribution >= 4 is 5.91 Å². The molecule has 0 saturated carbocycles. The minimum atomic E-state index is -0.00750. The molecule has 1 aromatic rings. The summed E-state index contributed by atoms with van der Waals surface area (Å²) in [4.78, 5) is 14.7. The van der Waals surface area contributed by atoms with Crippen LogP contribution in [0.2, 0.25) is 0 Å². The highest BCUT2D eigenvalue weighted by atomic mass is 16.5. The maximum absolute atomic E-state index is 12.2. The zero-order chi connectivity index (χ0) is 14.5. The van der Waals surface area contributed by atoms with E-state index in [1.165, 1.54) is 0 Å². The van der Waals surface area contributed by atoms with Gasteiger partial charge in [0.1, 0.15) is 5.75 Å². The lowest BCUT2D eigenvalue weighted by molar-refractivity contribution is 0.0900. The highest BCUT2D eigenvalue weighted by Gasteiger charge is 2.22. The van der Waals surface area contributed by atoms with E-state index in [0.717, 1.165) is 25.9 Å². The van der Waals surface area contributed by atoms with Crippen molar-refractivity contribution in [3.8, 4) is 5.75 Å². The van der Waals surface area contributed by atoms with Gasteiger partial charge in [0, 0.05) is 30.7 Å². The topological polar surface area (TPSA) is 41.6 Å². The predicted octanol–water partition coefficient (Wildman–Crippen LogP) is 2.30. The van der Waals surface area contributed by atoms with Crippen molar-refractivity contribution in [3.05, 3.63) is 29.8 Å². The van der Waals surface area contributed by atoms with Gasteiger partial charge in [0.25, 0.3) is 5.91 Å². The van der Waals surface area contributed by atoms with Gasteiger partial charge in [0.2, 0.25) is 0 Å². The van der Waals surface area contributed by atoms with Crippen molar-refractivity contribution in [2.24, 2.45) is 0 Å². The van der Waals surface area contributed by atoms with Crippen molar-refractivity contribution in [1.29, 1.82) is 0 Å². The number of carbonyl (C=O) groups is 1. The third-order valence-corrected chi connectivity index (χ3v) is 3.93. The molecule has 1 N–H and O–H groups in total. The summed E-state index contributed by atoms with van der Waals surface area (Å²) in [6, 6.07) is 8.15. The first-order valence-electron chi connectivity index (χ1n) is 7.29. The second-order valence-corrected chi connectivity index (χ2v) is 5.61. The number of piperidine rings is 1. The van der Waals surface area contributed by atoms with Gasteiger partial charge in [-0.3, -0.25) is 4.79 Å². The van der Waals surface area contributed by atoms with Gasteiger partial charge in [-0.2, -0.15) is 0 Å². The fraction of sp³-hybridized carbons (Fsp3) is 0.562. The molecule has 4 heteroatoms. The maximum Gasteiger partial charge on any atom is 0.251 e. The average molecular weight is 276 g/mol. The van der Waals surface area contributed by atoms with E-state index in [1.54, 1.807) is 13.2 Å². The van der Waals surface area contributed by atoms with Crippen LogP contribution in [0.15, 0.2) is 24.3 Å². The summed E-state index contributed by atoms with van der Waals surface area (Å²) in [5.74, 6) is 0.708. The summed E-state index contributed by atoms with van der Waals surface area (Å²) >= 11 is 0. The summed E-state index contributed by atoms with van der Waals surface area (Å²) in [6.45, 7) is 6.55. The van der Waals surface area contributed by atoms with E-state index in [9.17, 15) is 4.79 Å². The number of rotatable bonds is 4.